The van der Waals surface area contributed by atoms with Crippen molar-refractivity contribution in [1.82, 2.24) is 0 Å². The summed E-state index contributed by atoms with van der Waals surface area (Å²) in [6.07, 6.45) is -6.18. The number of quaternary nitrogens is 1. The predicted molar refractivity (Wildman–Crippen MR) is 148 cm³/mol. The number of rotatable bonds is 5. The molecule has 0 spiro atoms. The van der Waals surface area contributed by atoms with Gasteiger partial charge in [-0.3, -0.25) is 0 Å². The van der Waals surface area contributed by atoms with Crippen molar-refractivity contribution in [2.45, 2.75) is 0 Å². The summed E-state index contributed by atoms with van der Waals surface area (Å²) in [4.78, 5) is 1.37. The zero-order valence-electron chi connectivity index (χ0n) is 24.8. The zero-order chi connectivity index (χ0) is 37.6. The third-order valence-electron chi connectivity index (χ3n) is 7.68. The molecule has 0 amide bonds. The van der Waals surface area contributed by atoms with E-state index in [0.717, 1.165) is 0 Å². The molecular weight excluding hydrogens is 713 g/mol. The minimum Gasteiger partial charge on any atom is -0.307 e. The van der Waals surface area contributed by atoms with Crippen molar-refractivity contribution >= 4 is 33.7 Å². The summed E-state index contributed by atoms with van der Waals surface area (Å²) in [7, 11) is 4.24. The Labute approximate surface area is 270 Å². The summed E-state index contributed by atoms with van der Waals surface area (Å²) in [5, 5.41) is 0. The summed E-state index contributed by atoms with van der Waals surface area (Å²) in [6, 6.07) is 7.47. The van der Waals surface area contributed by atoms with Crippen molar-refractivity contribution in [2.75, 3.05) is 14.1 Å². The highest BCUT2D eigenvalue weighted by Crippen LogP contribution is 2.27. The number of nitrogens with one attached hydrogen (secondary N) is 1. The molecule has 5 aromatic carbocycles. The van der Waals surface area contributed by atoms with Gasteiger partial charge in [0.2, 0.25) is 0 Å². The lowest BCUT2D eigenvalue weighted by Gasteiger charge is -2.44. The minimum absolute atomic E-state index is 0.731. The Kier molecular flexibility index (Phi) is 10.7. The summed E-state index contributed by atoms with van der Waals surface area (Å²) >= 11 is 0. The van der Waals surface area contributed by atoms with E-state index in [2.05, 4.69) is 38.4 Å². The molecule has 0 aliphatic rings. The van der Waals surface area contributed by atoms with Crippen LogP contribution in [0.1, 0.15) is 0 Å². The van der Waals surface area contributed by atoms with E-state index in [1.807, 2.05) is 6.07 Å². The topological polar surface area (TPSA) is 4.44 Å². The molecule has 5 aromatic rings. The van der Waals surface area contributed by atoms with Crippen LogP contribution in [-0.2, 0) is 0 Å². The van der Waals surface area contributed by atoms with E-state index in [1.54, 1.807) is 0 Å². The molecule has 0 aromatic heterocycles. The van der Waals surface area contributed by atoms with Crippen LogP contribution in [0.3, 0.4) is 0 Å². The fraction of sp³-hybridized carbons (Fsp3) is 0.0625. The number of hydrogen-bond acceptors (Lipinski definition) is 0. The van der Waals surface area contributed by atoms with E-state index in [1.165, 1.54) is 10.6 Å². The van der Waals surface area contributed by atoms with E-state index in [4.69, 9.17) is 0 Å². The molecule has 0 aliphatic heterocycles. The van der Waals surface area contributed by atoms with Crippen molar-refractivity contribution in [2.24, 2.45) is 0 Å². The molecule has 18 heteroatoms. The lowest BCUT2D eigenvalue weighted by molar-refractivity contribution is -0.786. The van der Waals surface area contributed by atoms with Crippen molar-refractivity contribution in [3.8, 4) is 0 Å². The molecule has 5 rings (SSSR count). The molecule has 50 heavy (non-hydrogen) atoms. The van der Waals surface area contributed by atoms with Crippen LogP contribution in [0.4, 0.5) is 75.9 Å². The van der Waals surface area contributed by atoms with E-state index in [-0.39, 0.29) is 0 Å². The summed E-state index contributed by atoms with van der Waals surface area (Å²) in [6.45, 7) is 0. The third kappa shape index (κ3) is 6.16. The Hall–Kier alpha value is -5.00. The van der Waals surface area contributed by atoms with Crippen molar-refractivity contribution in [1.29, 1.82) is 0 Å². The van der Waals surface area contributed by atoms with Gasteiger partial charge in [-0.2, -0.15) is 0 Å². The molecule has 0 heterocycles. The first-order valence-electron chi connectivity index (χ1n) is 13.6. The number of hydrogen-bond donors (Lipinski definition) is 1. The third-order valence-corrected chi connectivity index (χ3v) is 7.68. The maximum absolute atomic E-state index is 15.3. The van der Waals surface area contributed by atoms with Crippen LogP contribution >= 0.6 is 0 Å². The lowest BCUT2D eigenvalue weighted by atomic mass is 9.12. The Morgan fingerprint density at radius 1 is 0.340 bits per heavy atom. The fourth-order valence-corrected chi connectivity index (χ4v) is 5.55. The first-order chi connectivity index (χ1) is 23.3. The van der Waals surface area contributed by atoms with Crippen LogP contribution in [0.2, 0.25) is 0 Å². The second-order valence-corrected chi connectivity index (χ2v) is 10.8. The van der Waals surface area contributed by atoms with Gasteiger partial charge in [0.15, 0.2) is 46.5 Å². The number of benzene rings is 5. The molecule has 0 saturated heterocycles. The largest absolute Gasteiger partial charge is 0.307 e. The first-order valence-corrected chi connectivity index (χ1v) is 13.6. The van der Waals surface area contributed by atoms with Gasteiger partial charge in [-0.05, 0) is 12.1 Å². The molecule has 0 radical (unpaired) electrons. The van der Waals surface area contributed by atoms with E-state index >= 15 is 35.1 Å². The Morgan fingerprint density at radius 3 is 0.780 bits per heavy atom. The van der Waals surface area contributed by atoms with Gasteiger partial charge < -0.3 is 4.90 Å². The second kappa shape index (κ2) is 14.1. The monoisotopic (exact) mass is 729 g/mol. The van der Waals surface area contributed by atoms with Crippen LogP contribution in [0.25, 0.3) is 0 Å². The van der Waals surface area contributed by atoms with Crippen LogP contribution < -0.4 is 26.8 Å². The van der Waals surface area contributed by atoms with E-state index < -0.39 is 145 Å². The minimum atomic E-state index is -6.18. The summed E-state index contributed by atoms with van der Waals surface area (Å²) in [5.41, 5.74) is -9.61. The van der Waals surface area contributed by atoms with Gasteiger partial charge in [0, 0.05) is 24.3 Å². The van der Waals surface area contributed by atoms with Gasteiger partial charge in [-0.15, -0.1) is 21.9 Å². The lowest BCUT2D eigenvalue weighted by Crippen LogP contribution is -3.00. The smallest absolute Gasteiger partial charge is 0.191 e. The summed E-state index contributed by atoms with van der Waals surface area (Å²) < 4.78 is 235. The Morgan fingerprint density at radius 2 is 0.580 bits per heavy atom. The zero-order valence-corrected chi connectivity index (χ0v) is 24.8. The van der Waals surface area contributed by atoms with Gasteiger partial charge in [-0.25, -0.2) is 70.2 Å². The van der Waals surface area contributed by atoms with Crippen molar-refractivity contribution in [3.63, 3.8) is 0 Å². The van der Waals surface area contributed by atoms with Crippen molar-refractivity contribution in [3.05, 3.63) is 148 Å². The molecule has 0 bridgehead atoms. The number of para-hydroxylation sites is 1. The molecule has 1 N–H and O–H groups in total. The molecular formula is C32H16BF16N. The van der Waals surface area contributed by atoms with Gasteiger partial charge in [0.05, 0.1) is 37.4 Å². The average Bonchev–Trinajstić information content (AvgIpc) is 3.04. The summed E-state index contributed by atoms with van der Waals surface area (Å²) in [5.74, 6) is -45.1. The highest BCUT2D eigenvalue weighted by atomic mass is 19.2. The maximum Gasteiger partial charge on any atom is 0.191 e. The molecule has 0 aliphatic carbocycles. The van der Waals surface area contributed by atoms with Gasteiger partial charge in [0.25, 0.3) is 0 Å². The molecule has 0 unspecified atom stereocenters. The van der Waals surface area contributed by atoms with E-state index in [0.29, 0.717) is 0 Å². The Bertz CT molecular complexity index is 1860. The van der Waals surface area contributed by atoms with E-state index in [9.17, 15) is 35.1 Å². The molecule has 1 nitrogen and oxygen atoms in total. The fourth-order valence-electron chi connectivity index (χ4n) is 5.55. The quantitative estimate of drug-likeness (QED) is 0.102. The maximum atomic E-state index is 15.3. The molecule has 264 valence electrons. The predicted octanol–water partition coefficient (Wildman–Crippen LogP) is 5.75. The van der Waals surface area contributed by atoms with Gasteiger partial charge >= 0.3 is 0 Å². The van der Waals surface area contributed by atoms with Gasteiger partial charge in [0.1, 0.15) is 35.1 Å². The molecule has 0 atom stereocenters. The normalized spacial score (nSPS) is 11.6. The second-order valence-electron chi connectivity index (χ2n) is 10.8. The van der Waals surface area contributed by atoms with Crippen LogP contribution in [0.5, 0.6) is 0 Å². The number of halogens is 16. The van der Waals surface area contributed by atoms with Crippen molar-refractivity contribution < 1.29 is 75.1 Å². The highest BCUT2D eigenvalue weighted by molar-refractivity contribution is 7.20. The van der Waals surface area contributed by atoms with Gasteiger partial charge in [-0.1, -0.05) is 18.2 Å². The average molecular weight is 729 g/mol. The Balaban J connectivity index is 0.000000541. The standard InChI is InChI=1S/C24H4BF16.C8H11N/c26-5-1-9(30)17(34)21(38)13(5)25(14-6(27)2-10(31)18(35)22(14)39,15-7(28)3-11(32)19(36)23(15)40)16-8(29)4-12(33)20(37)24(16)41;1-9(2)8-6-4-3-5-7-8/h1-4H;3-7H,1-2H3/q-1;/p+1. The van der Waals surface area contributed by atoms with Crippen LogP contribution in [0.15, 0.2) is 54.6 Å². The molecule has 0 fully saturated rings. The van der Waals surface area contributed by atoms with Crippen LogP contribution in [-0.4, -0.2) is 20.2 Å². The van der Waals surface area contributed by atoms with Crippen LogP contribution in [0, 0.1) is 93.1 Å². The highest BCUT2D eigenvalue weighted by Gasteiger charge is 2.49. The SMILES string of the molecule is C[NH+](C)c1ccccc1.Fc1cc(F)c([B-](c2c(F)cc(F)c(F)c2F)(c2c(F)cc(F)c(F)c2F)c2c(F)cc(F)c(F)c2F)c(F)c1F. The molecule has 0 saturated carbocycles. The first kappa shape index (κ1) is 37.8.